The number of benzene rings is 2. The summed E-state index contributed by atoms with van der Waals surface area (Å²) in [6.45, 7) is 5.44. The number of hydrogen-bond donors (Lipinski definition) is 1. The average Bonchev–Trinajstić information content (AvgIpc) is 2.67. The van der Waals surface area contributed by atoms with Crippen LogP contribution in [0.5, 0.6) is 5.75 Å². The van der Waals surface area contributed by atoms with E-state index in [0.29, 0.717) is 34.9 Å². The van der Waals surface area contributed by atoms with E-state index in [1.54, 1.807) is 56.3 Å². The molecule has 0 saturated carbocycles. The Kier molecular flexibility index (Phi) is 7.82. The Morgan fingerprint density at radius 3 is 2.40 bits per heavy atom. The molecule has 0 aliphatic carbocycles. The molecule has 0 fully saturated rings. The van der Waals surface area contributed by atoms with Crippen LogP contribution in [0.4, 0.5) is 11.4 Å². The van der Waals surface area contributed by atoms with Crippen molar-refractivity contribution in [2.24, 2.45) is 0 Å². The molecule has 0 aromatic heterocycles. The Hall–Kier alpha value is -3.07. The molecule has 0 aliphatic heterocycles. The van der Waals surface area contributed by atoms with Gasteiger partial charge in [-0.3, -0.25) is 9.10 Å². The predicted molar refractivity (Wildman–Crippen MR) is 116 cm³/mol. The number of carbonyl (C=O) groups excluding carboxylic acids is 2. The normalized spacial score (nSPS) is 10.9. The molecule has 0 spiro atoms. The van der Waals surface area contributed by atoms with Crippen LogP contribution in [-0.2, 0) is 19.6 Å². The van der Waals surface area contributed by atoms with Gasteiger partial charge in [-0.1, -0.05) is 12.1 Å². The first-order valence-corrected chi connectivity index (χ1v) is 11.3. The maximum absolute atomic E-state index is 12.6. The average molecular weight is 435 g/mol. The Balaban J connectivity index is 2.25. The van der Waals surface area contributed by atoms with Gasteiger partial charge in [-0.2, -0.15) is 0 Å². The third-order valence-corrected chi connectivity index (χ3v) is 5.35. The molecule has 2 rings (SSSR count). The third-order valence-electron chi connectivity index (χ3n) is 4.21. The van der Waals surface area contributed by atoms with Crippen LogP contribution >= 0.6 is 0 Å². The first-order chi connectivity index (χ1) is 14.2. The van der Waals surface area contributed by atoms with Crippen LogP contribution in [0.15, 0.2) is 42.5 Å². The van der Waals surface area contributed by atoms with Gasteiger partial charge >= 0.3 is 5.97 Å². The molecule has 1 N–H and O–H groups in total. The maximum atomic E-state index is 12.6. The van der Waals surface area contributed by atoms with Crippen molar-refractivity contribution in [2.75, 3.05) is 35.6 Å². The molecular weight excluding hydrogens is 408 g/mol. The highest BCUT2D eigenvalue weighted by Crippen LogP contribution is 2.24. The quantitative estimate of drug-likeness (QED) is 0.609. The van der Waals surface area contributed by atoms with Crippen molar-refractivity contribution in [2.45, 2.75) is 20.8 Å². The lowest BCUT2D eigenvalue weighted by atomic mass is 10.1. The molecule has 0 radical (unpaired) electrons. The highest BCUT2D eigenvalue weighted by molar-refractivity contribution is 7.92. The number of rotatable bonds is 9. The second-order valence-corrected chi connectivity index (χ2v) is 8.35. The fourth-order valence-corrected chi connectivity index (χ4v) is 3.66. The van der Waals surface area contributed by atoms with E-state index in [2.05, 4.69) is 5.32 Å². The first kappa shape index (κ1) is 23.2. The first-order valence-electron chi connectivity index (χ1n) is 9.44. The van der Waals surface area contributed by atoms with Gasteiger partial charge in [-0.15, -0.1) is 0 Å². The highest BCUT2D eigenvalue weighted by atomic mass is 32.2. The van der Waals surface area contributed by atoms with Crippen molar-refractivity contribution in [3.63, 3.8) is 0 Å². The van der Waals surface area contributed by atoms with Crippen molar-refractivity contribution in [3.05, 3.63) is 53.6 Å². The largest absolute Gasteiger partial charge is 0.494 e. The summed E-state index contributed by atoms with van der Waals surface area (Å²) in [5.74, 6) is -0.537. The van der Waals surface area contributed by atoms with Gasteiger partial charge in [0.2, 0.25) is 15.9 Å². The SMILES string of the molecule is CCOC(=O)c1cccc(NC(=O)CN(c2cccc(OCC)c2)S(C)(=O)=O)c1C. The number of ether oxygens (including phenoxy) is 2. The van der Waals surface area contributed by atoms with Gasteiger partial charge in [0, 0.05) is 11.8 Å². The van der Waals surface area contributed by atoms with Gasteiger partial charge in [0.15, 0.2) is 0 Å². The third kappa shape index (κ3) is 5.96. The molecule has 2 aromatic rings. The minimum Gasteiger partial charge on any atom is -0.494 e. The molecule has 162 valence electrons. The highest BCUT2D eigenvalue weighted by Gasteiger charge is 2.22. The Labute approximate surface area is 176 Å². The van der Waals surface area contributed by atoms with Crippen molar-refractivity contribution in [1.29, 1.82) is 0 Å². The summed E-state index contributed by atoms with van der Waals surface area (Å²) >= 11 is 0. The second-order valence-electron chi connectivity index (χ2n) is 6.45. The molecule has 0 saturated heterocycles. The van der Waals surface area contributed by atoms with E-state index in [1.807, 2.05) is 6.92 Å². The fourth-order valence-electron chi connectivity index (χ4n) is 2.82. The van der Waals surface area contributed by atoms with Gasteiger partial charge in [0.05, 0.1) is 30.7 Å². The summed E-state index contributed by atoms with van der Waals surface area (Å²) in [5.41, 5.74) is 1.59. The molecule has 0 atom stereocenters. The minimum absolute atomic E-state index is 0.235. The number of carbonyl (C=O) groups is 2. The van der Waals surface area contributed by atoms with Crippen molar-refractivity contribution in [1.82, 2.24) is 0 Å². The van der Waals surface area contributed by atoms with E-state index in [1.165, 1.54) is 0 Å². The van der Waals surface area contributed by atoms with Crippen molar-refractivity contribution < 1.29 is 27.5 Å². The number of nitrogens with one attached hydrogen (secondary N) is 1. The zero-order chi connectivity index (χ0) is 22.3. The molecule has 1 amide bonds. The summed E-state index contributed by atoms with van der Waals surface area (Å²) in [6, 6.07) is 11.4. The van der Waals surface area contributed by atoms with Crippen LogP contribution in [0.25, 0.3) is 0 Å². The smallest absolute Gasteiger partial charge is 0.338 e. The second kappa shape index (κ2) is 10.1. The molecule has 0 aliphatic rings. The number of nitrogens with zero attached hydrogens (tertiary/aromatic N) is 1. The molecule has 0 heterocycles. The van der Waals surface area contributed by atoms with Crippen LogP contribution in [0, 0.1) is 6.92 Å². The van der Waals surface area contributed by atoms with E-state index in [-0.39, 0.29) is 6.61 Å². The number of hydrogen-bond acceptors (Lipinski definition) is 6. The van der Waals surface area contributed by atoms with Gasteiger partial charge in [0.25, 0.3) is 0 Å². The summed E-state index contributed by atoms with van der Waals surface area (Å²) in [4.78, 5) is 24.7. The van der Waals surface area contributed by atoms with Crippen LogP contribution < -0.4 is 14.4 Å². The summed E-state index contributed by atoms with van der Waals surface area (Å²) < 4.78 is 36.1. The number of sulfonamides is 1. The predicted octanol–water partition coefficient (Wildman–Crippen LogP) is 2.98. The van der Waals surface area contributed by atoms with Gasteiger partial charge in [0.1, 0.15) is 12.3 Å². The topological polar surface area (TPSA) is 102 Å². The fraction of sp³-hybridized carbons (Fsp3) is 0.333. The lowest BCUT2D eigenvalue weighted by Crippen LogP contribution is -2.37. The summed E-state index contributed by atoms with van der Waals surface area (Å²) in [5, 5.41) is 2.68. The minimum atomic E-state index is -3.73. The lowest BCUT2D eigenvalue weighted by molar-refractivity contribution is -0.114. The van der Waals surface area contributed by atoms with Gasteiger partial charge in [-0.05, 0) is 50.6 Å². The zero-order valence-corrected chi connectivity index (χ0v) is 18.3. The Morgan fingerprint density at radius 2 is 1.77 bits per heavy atom. The van der Waals surface area contributed by atoms with Crippen LogP contribution in [0.3, 0.4) is 0 Å². The summed E-state index contributed by atoms with van der Waals surface area (Å²) in [6.07, 6.45) is 1.03. The molecule has 0 bridgehead atoms. The Bertz CT molecular complexity index is 1020. The lowest BCUT2D eigenvalue weighted by Gasteiger charge is -2.22. The van der Waals surface area contributed by atoms with E-state index in [4.69, 9.17) is 9.47 Å². The molecule has 2 aromatic carbocycles. The number of amides is 1. The Morgan fingerprint density at radius 1 is 1.07 bits per heavy atom. The van der Waals surface area contributed by atoms with Gasteiger partial charge < -0.3 is 14.8 Å². The van der Waals surface area contributed by atoms with Crippen molar-refractivity contribution in [3.8, 4) is 5.75 Å². The molecule has 8 nitrogen and oxygen atoms in total. The standard InChI is InChI=1S/C21H26N2O6S/c1-5-28-17-10-7-9-16(13-17)23(30(4,26)27)14-20(24)22-19-12-8-11-18(15(19)3)21(25)29-6-2/h7-13H,5-6,14H2,1-4H3,(H,22,24). The zero-order valence-electron chi connectivity index (χ0n) is 17.5. The maximum Gasteiger partial charge on any atom is 0.338 e. The van der Waals surface area contributed by atoms with E-state index >= 15 is 0 Å². The van der Waals surface area contributed by atoms with Gasteiger partial charge in [-0.25, -0.2) is 13.2 Å². The van der Waals surface area contributed by atoms with Crippen LogP contribution in [-0.4, -0.2) is 46.3 Å². The van der Waals surface area contributed by atoms with Crippen molar-refractivity contribution >= 4 is 33.3 Å². The molecule has 9 heteroatoms. The van der Waals surface area contributed by atoms with Crippen LogP contribution in [0.1, 0.15) is 29.8 Å². The van der Waals surface area contributed by atoms with E-state index in [0.717, 1.165) is 10.6 Å². The van der Waals surface area contributed by atoms with Crippen LogP contribution in [0.2, 0.25) is 0 Å². The molecular formula is C21H26N2O6S. The van der Waals surface area contributed by atoms with E-state index < -0.39 is 28.4 Å². The monoisotopic (exact) mass is 434 g/mol. The van der Waals surface area contributed by atoms with E-state index in [9.17, 15) is 18.0 Å². The number of esters is 1. The summed E-state index contributed by atoms with van der Waals surface area (Å²) in [7, 11) is -3.73. The molecule has 30 heavy (non-hydrogen) atoms. The molecule has 0 unspecified atom stereocenters. The number of anilines is 2.